The molecule has 0 amide bonds. The SMILES string of the molecule is COC(=O)C=Cc1ccc(F)cc1O. The van der Waals surface area contributed by atoms with Gasteiger partial charge in [-0.25, -0.2) is 9.18 Å². The lowest BCUT2D eigenvalue weighted by atomic mass is 10.2. The Morgan fingerprint density at radius 3 is 2.86 bits per heavy atom. The minimum atomic E-state index is -0.534. The van der Waals surface area contributed by atoms with E-state index in [1.807, 2.05) is 0 Å². The second kappa shape index (κ2) is 4.41. The van der Waals surface area contributed by atoms with Crippen LogP contribution in [0.2, 0.25) is 0 Å². The van der Waals surface area contributed by atoms with Crippen molar-refractivity contribution in [3.8, 4) is 5.75 Å². The van der Waals surface area contributed by atoms with E-state index < -0.39 is 11.8 Å². The first-order valence-electron chi connectivity index (χ1n) is 3.88. The molecule has 14 heavy (non-hydrogen) atoms. The average Bonchev–Trinajstić information content (AvgIpc) is 2.16. The van der Waals surface area contributed by atoms with Gasteiger partial charge in [0.15, 0.2) is 0 Å². The maximum absolute atomic E-state index is 12.5. The topological polar surface area (TPSA) is 46.5 Å². The summed E-state index contributed by atoms with van der Waals surface area (Å²) in [4.78, 5) is 10.7. The molecule has 0 aliphatic heterocycles. The average molecular weight is 196 g/mol. The first kappa shape index (κ1) is 10.2. The molecule has 1 aromatic carbocycles. The first-order chi connectivity index (χ1) is 6.63. The third-order valence-corrected chi connectivity index (χ3v) is 1.59. The summed E-state index contributed by atoms with van der Waals surface area (Å²) in [7, 11) is 1.25. The summed E-state index contributed by atoms with van der Waals surface area (Å²) in [5.74, 6) is -1.28. The number of hydrogen-bond donors (Lipinski definition) is 1. The van der Waals surface area contributed by atoms with E-state index in [0.717, 1.165) is 12.1 Å². The van der Waals surface area contributed by atoms with Crippen LogP contribution >= 0.6 is 0 Å². The summed E-state index contributed by atoms with van der Waals surface area (Å²) in [5.41, 5.74) is 0.358. The fourth-order valence-corrected chi connectivity index (χ4v) is 0.884. The van der Waals surface area contributed by atoms with Crippen molar-refractivity contribution in [3.63, 3.8) is 0 Å². The van der Waals surface area contributed by atoms with Gasteiger partial charge in [0.1, 0.15) is 11.6 Å². The zero-order valence-corrected chi connectivity index (χ0v) is 7.53. The monoisotopic (exact) mass is 196 g/mol. The number of phenolic OH excluding ortho intramolecular Hbond substituents is 1. The molecule has 0 atom stereocenters. The van der Waals surface area contributed by atoms with Crippen molar-refractivity contribution in [2.75, 3.05) is 7.11 Å². The number of aromatic hydroxyl groups is 1. The van der Waals surface area contributed by atoms with Crippen LogP contribution in [0.5, 0.6) is 5.75 Å². The van der Waals surface area contributed by atoms with Crippen LogP contribution in [0.4, 0.5) is 4.39 Å². The zero-order valence-electron chi connectivity index (χ0n) is 7.53. The van der Waals surface area contributed by atoms with Crippen molar-refractivity contribution in [3.05, 3.63) is 35.7 Å². The Morgan fingerprint density at radius 1 is 1.57 bits per heavy atom. The van der Waals surface area contributed by atoms with E-state index in [1.54, 1.807) is 0 Å². The number of hydrogen-bond acceptors (Lipinski definition) is 3. The number of methoxy groups -OCH3 is 1. The number of halogens is 1. The van der Waals surface area contributed by atoms with E-state index in [-0.39, 0.29) is 5.75 Å². The van der Waals surface area contributed by atoms with Crippen molar-refractivity contribution < 1.29 is 19.0 Å². The Kier molecular flexibility index (Phi) is 3.23. The van der Waals surface area contributed by atoms with Crippen molar-refractivity contribution in [2.45, 2.75) is 0 Å². The summed E-state index contributed by atoms with van der Waals surface area (Å²) < 4.78 is 16.9. The van der Waals surface area contributed by atoms with E-state index >= 15 is 0 Å². The van der Waals surface area contributed by atoms with Gasteiger partial charge in [-0.2, -0.15) is 0 Å². The van der Waals surface area contributed by atoms with Crippen molar-refractivity contribution in [1.29, 1.82) is 0 Å². The highest BCUT2D eigenvalue weighted by Gasteiger charge is 1.99. The van der Waals surface area contributed by atoms with Crippen LogP contribution in [0.1, 0.15) is 5.56 Å². The van der Waals surface area contributed by atoms with Gasteiger partial charge >= 0.3 is 5.97 Å². The predicted molar refractivity (Wildman–Crippen MR) is 49.1 cm³/mol. The van der Waals surface area contributed by atoms with Gasteiger partial charge in [-0.15, -0.1) is 0 Å². The highest BCUT2D eigenvalue weighted by Crippen LogP contribution is 2.19. The molecule has 1 N–H and O–H groups in total. The minimum Gasteiger partial charge on any atom is -0.507 e. The molecule has 0 heterocycles. The smallest absolute Gasteiger partial charge is 0.330 e. The Hall–Kier alpha value is -1.84. The molecule has 0 fully saturated rings. The summed E-state index contributed by atoms with van der Waals surface area (Å²) in [6, 6.07) is 3.53. The molecule has 74 valence electrons. The zero-order chi connectivity index (χ0) is 10.6. The summed E-state index contributed by atoms with van der Waals surface area (Å²) in [5, 5.41) is 9.23. The lowest BCUT2D eigenvalue weighted by molar-refractivity contribution is -0.134. The molecule has 0 unspecified atom stereocenters. The van der Waals surface area contributed by atoms with Gasteiger partial charge in [0.2, 0.25) is 0 Å². The fourth-order valence-electron chi connectivity index (χ4n) is 0.884. The van der Waals surface area contributed by atoms with Crippen molar-refractivity contribution in [2.24, 2.45) is 0 Å². The van der Waals surface area contributed by atoms with E-state index in [9.17, 15) is 14.3 Å². The van der Waals surface area contributed by atoms with Crippen LogP contribution in [-0.4, -0.2) is 18.2 Å². The Labute approximate surface area is 80.4 Å². The van der Waals surface area contributed by atoms with Crippen LogP contribution in [0.3, 0.4) is 0 Å². The number of ether oxygens (including phenoxy) is 1. The van der Waals surface area contributed by atoms with E-state index in [4.69, 9.17) is 0 Å². The Bertz CT molecular complexity index is 372. The molecule has 4 heteroatoms. The molecule has 0 radical (unpaired) electrons. The van der Waals surface area contributed by atoms with Gasteiger partial charge in [-0.3, -0.25) is 0 Å². The van der Waals surface area contributed by atoms with Crippen LogP contribution in [0.25, 0.3) is 6.08 Å². The van der Waals surface area contributed by atoms with Gasteiger partial charge in [0, 0.05) is 17.7 Å². The maximum Gasteiger partial charge on any atom is 0.330 e. The normalized spacial score (nSPS) is 10.4. The third kappa shape index (κ3) is 2.58. The maximum atomic E-state index is 12.5. The number of carbonyl (C=O) groups excluding carboxylic acids is 1. The van der Waals surface area contributed by atoms with Crippen LogP contribution in [0, 0.1) is 5.82 Å². The number of carbonyl (C=O) groups is 1. The molecule has 0 aliphatic rings. The number of benzene rings is 1. The summed E-state index contributed by atoms with van der Waals surface area (Å²) in [6.07, 6.45) is 2.49. The van der Waals surface area contributed by atoms with Crippen LogP contribution in [0.15, 0.2) is 24.3 Å². The third-order valence-electron chi connectivity index (χ3n) is 1.59. The van der Waals surface area contributed by atoms with E-state index in [0.29, 0.717) is 5.56 Å². The largest absolute Gasteiger partial charge is 0.507 e. The van der Waals surface area contributed by atoms with Crippen molar-refractivity contribution >= 4 is 12.0 Å². The Balaban J connectivity index is 2.87. The highest BCUT2D eigenvalue weighted by molar-refractivity contribution is 5.87. The molecule has 0 bridgehead atoms. The second-order valence-electron chi connectivity index (χ2n) is 2.56. The summed E-state index contributed by atoms with van der Waals surface area (Å²) >= 11 is 0. The van der Waals surface area contributed by atoms with Gasteiger partial charge in [-0.05, 0) is 18.2 Å². The quantitative estimate of drug-likeness (QED) is 0.578. The molecular weight excluding hydrogens is 187 g/mol. The molecule has 1 aromatic rings. The molecule has 0 spiro atoms. The fraction of sp³-hybridized carbons (Fsp3) is 0.100. The number of phenols is 1. The summed E-state index contributed by atoms with van der Waals surface area (Å²) in [6.45, 7) is 0. The molecule has 0 aromatic heterocycles. The number of esters is 1. The predicted octanol–water partition coefficient (Wildman–Crippen LogP) is 1.72. The first-order valence-corrected chi connectivity index (χ1v) is 3.88. The molecule has 1 rings (SSSR count). The number of rotatable bonds is 2. The van der Waals surface area contributed by atoms with E-state index in [1.165, 1.54) is 25.3 Å². The minimum absolute atomic E-state index is 0.217. The molecule has 0 saturated carbocycles. The molecule has 3 nitrogen and oxygen atoms in total. The lowest BCUT2D eigenvalue weighted by Crippen LogP contribution is -1.93. The highest BCUT2D eigenvalue weighted by atomic mass is 19.1. The van der Waals surface area contributed by atoms with Crippen LogP contribution in [-0.2, 0) is 9.53 Å². The molecule has 0 saturated heterocycles. The lowest BCUT2D eigenvalue weighted by Gasteiger charge is -1.97. The van der Waals surface area contributed by atoms with Gasteiger partial charge < -0.3 is 9.84 Å². The van der Waals surface area contributed by atoms with Gasteiger partial charge in [-0.1, -0.05) is 0 Å². The molecule has 0 aliphatic carbocycles. The van der Waals surface area contributed by atoms with Crippen molar-refractivity contribution in [1.82, 2.24) is 0 Å². The van der Waals surface area contributed by atoms with Gasteiger partial charge in [0.25, 0.3) is 0 Å². The molecular formula is C10H9FO3. The second-order valence-corrected chi connectivity index (χ2v) is 2.56. The van der Waals surface area contributed by atoms with Crippen LogP contribution < -0.4 is 0 Å². The van der Waals surface area contributed by atoms with E-state index in [2.05, 4.69) is 4.74 Å². The standard InChI is InChI=1S/C10H9FO3/c1-14-10(13)5-3-7-2-4-8(11)6-9(7)12/h2-6,12H,1H3. The Morgan fingerprint density at radius 2 is 2.29 bits per heavy atom. The van der Waals surface area contributed by atoms with Gasteiger partial charge in [0.05, 0.1) is 7.11 Å².